The van der Waals surface area contributed by atoms with Gasteiger partial charge in [0.15, 0.2) is 0 Å². The van der Waals surface area contributed by atoms with Crippen LogP contribution < -0.4 is 5.43 Å². The molecule has 0 unspecified atom stereocenters. The molecule has 1 aromatic heterocycles. The Balaban J connectivity index is 1.93. The molecule has 0 atom stereocenters. The summed E-state index contributed by atoms with van der Waals surface area (Å²) in [6, 6.07) is 29.5. The van der Waals surface area contributed by atoms with E-state index in [9.17, 15) is 14.9 Å². The summed E-state index contributed by atoms with van der Waals surface area (Å²) in [6.07, 6.45) is 1.24. The highest BCUT2D eigenvalue weighted by Crippen LogP contribution is 2.35. The number of nitro benzene ring substituents is 1. The maximum atomic E-state index is 11.7. The van der Waals surface area contributed by atoms with Gasteiger partial charge in [-0.05, 0) is 29.3 Å². The molecule has 0 saturated heterocycles. The molecule has 4 rings (SSSR count). The number of rotatable bonds is 7. The summed E-state index contributed by atoms with van der Waals surface area (Å²) in [5.41, 5.74) is 7.29. The number of nitro groups is 1. The fourth-order valence-electron chi connectivity index (χ4n) is 3.62. The Kier molecular flexibility index (Phi) is 6.56. The number of nitriles is 1. The molecule has 1 amide bonds. The smallest absolute Gasteiger partial charge is 0.269 e. The third kappa shape index (κ3) is 4.74. The molecular weight excluding hydrogens is 430 g/mol. The van der Waals surface area contributed by atoms with Gasteiger partial charge in [-0.15, -0.1) is 0 Å². The summed E-state index contributed by atoms with van der Waals surface area (Å²) in [5.74, 6) is -0.502. The Morgan fingerprint density at radius 3 is 2.21 bits per heavy atom. The second-order valence-electron chi connectivity index (χ2n) is 7.30. The molecule has 8 nitrogen and oxygen atoms in total. The highest BCUT2D eigenvalue weighted by atomic mass is 16.6. The maximum absolute atomic E-state index is 11.7. The lowest BCUT2D eigenvalue weighted by molar-refractivity contribution is -0.384. The second kappa shape index (κ2) is 10.1. The summed E-state index contributed by atoms with van der Waals surface area (Å²) in [6.45, 7) is 0. The van der Waals surface area contributed by atoms with E-state index in [1.165, 1.54) is 18.3 Å². The molecule has 1 N–H and O–H groups in total. The van der Waals surface area contributed by atoms with Crippen LogP contribution in [0.4, 0.5) is 5.69 Å². The third-order valence-corrected chi connectivity index (χ3v) is 5.10. The number of hydrogen-bond acceptors (Lipinski definition) is 5. The van der Waals surface area contributed by atoms with E-state index < -0.39 is 10.8 Å². The predicted octanol–water partition coefficient (Wildman–Crippen LogP) is 5.08. The van der Waals surface area contributed by atoms with Crippen LogP contribution in [-0.2, 0) is 4.79 Å². The summed E-state index contributed by atoms with van der Waals surface area (Å²) < 4.78 is 2.01. The zero-order chi connectivity index (χ0) is 23.9. The zero-order valence-corrected chi connectivity index (χ0v) is 18.0. The Morgan fingerprint density at radius 1 is 1.00 bits per heavy atom. The van der Waals surface area contributed by atoms with Crippen molar-refractivity contribution in [2.45, 2.75) is 6.42 Å². The van der Waals surface area contributed by atoms with Crippen molar-refractivity contribution in [2.75, 3.05) is 0 Å². The van der Waals surface area contributed by atoms with Crippen molar-refractivity contribution in [2.24, 2.45) is 5.10 Å². The molecule has 0 aliphatic rings. The van der Waals surface area contributed by atoms with E-state index in [0.29, 0.717) is 0 Å². The molecule has 0 aliphatic heterocycles. The monoisotopic (exact) mass is 449 g/mol. The summed E-state index contributed by atoms with van der Waals surface area (Å²) in [4.78, 5) is 22.4. The van der Waals surface area contributed by atoms with Crippen molar-refractivity contribution in [3.05, 3.63) is 107 Å². The van der Waals surface area contributed by atoms with E-state index in [2.05, 4.69) is 10.5 Å². The molecular formula is C26H19N5O3. The molecule has 3 aromatic carbocycles. The maximum Gasteiger partial charge on any atom is 0.269 e. The number of carbonyl (C=O) groups excluding carboxylic acids is 1. The van der Waals surface area contributed by atoms with Crippen molar-refractivity contribution < 1.29 is 9.72 Å². The van der Waals surface area contributed by atoms with E-state index >= 15 is 0 Å². The van der Waals surface area contributed by atoms with Crippen molar-refractivity contribution in [1.29, 1.82) is 5.26 Å². The standard InChI is InChI=1S/C26H19N5O3/c27-16-15-25(32)29-28-18-21-17-24(19-7-3-1-4-8-19)30(26(21)20-9-5-2-6-10-20)22-11-13-23(14-12-22)31(33)34/h1-14,17-18H,15H2,(H,29,32). The van der Waals surface area contributed by atoms with Gasteiger partial charge in [0, 0.05) is 23.4 Å². The molecule has 0 fully saturated rings. The number of hydrogen-bond donors (Lipinski definition) is 1. The molecule has 0 saturated carbocycles. The van der Waals surface area contributed by atoms with Gasteiger partial charge < -0.3 is 4.57 Å². The number of nitrogens with zero attached hydrogens (tertiary/aromatic N) is 4. The van der Waals surface area contributed by atoms with Gasteiger partial charge in [-0.3, -0.25) is 14.9 Å². The van der Waals surface area contributed by atoms with Crippen LogP contribution in [0.2, 0.25) is 0 Å². The number of carbonyl (C=O) groups is 1. The highest BCUT2D eigenvalue weighted by Gasteiger charge is 2.19. The normalized spacial score (nSPS) is 10.7. The van der Waals surface area contributed by atoms with Gasteiger partial charge in [0.1, 0.15) is 6.42 Å². The van der Waals surface area contributed by atoms with Gasteiger partial charge in [0.2, 0.25) is 0 Å². The summed E-state index contributed by atoms with van der Waals surface area (Å²) >= 11 is 0. The van der Waals surface area contributed by atoms with Crippen LogP contribution in [0.25, 0.3) is 28.2 Å². The Bertz CT molecular complexity index is 1390. The average Bonchev–Trinajstić information content (AvgIpc) is 3.25. The SMILES string of the molecule is N#CCC(=O)NN=Cc1cc(-c2ccccc2)n(-c2ccc([N+](=O)[O-])cc2)c1-c1ccccc1. The minimum Gasteiger partial charge on any atom is -0.309 e. The van der Waals surface area contributed by atoms with Crippen LogP contribution in [0.15, 0.2) is 96.1 Å². The summed E-state index contributed by atoms with van der Waals surface area (Å²) in [7, 11) is 0. The minimum atomic E-state index is -0.502. The molecule has 0 bridgehead atoms. The molecule has 1 heterocycles. The Hall–Kier alpha value is -5.03. The van der Waals surface area contributed by atoms with Crippen molar-refractivity contribution in [1.82, 2.24) is 9.99 Å². The second-order valence-corrected chi connectivity index (χ2v) is 7.30. The topological polar surface area (TPSA) is 113 Å². The lowest BCUT2D eigenvalue weighted by Gasteiger charge is -2.15. The number of hydrazone groups is 1. The fraction of sp³-hybridized carbons (Fsp3) is 0.0385. The van der Waals surface area contributed by atoms with E-state index in [0.717, 1.165) is 33.8 Å². The molecule has 0 radical (unpaired) electrons. The first-order valence-electron chi connectivity index (χ1n) is 10.4. The van der Waals surface area contributed by atoms with Crippen LogP contribution in [0, 0.1) is 21.4 Å². The molecule has 0 aliphatic carbocycles. The Labute approximate surface area is 195 Å². The first kappa shape index (κ1) is 22.2. The van der Waals surface area contributed by atoms with E-state index in [1.807, 2.05) is 71.3 Å². The first-order valence-corrected chi connectivity index (χ1v) is 10.4. The number of amides is 1. The number of benzene rings is 3. The van der Waals surface area contributed by atoms with Crippen LogP contribution in [-0.4, -0.2) is 21.6 Å². The minimum absolute atomic E-state index is 0.000388. The van der Waals surface area contributed by atoms with Crippen LogP contribution in [0.5, 0.6) is 0 Å². The van der Waals surface area contributed by atoms with Crippen molar-refractivity contribution in [3.8, 4) is 34.3 Å². The van der Waals surface area contributed by atoms with Gasteiger partial charge in [0.05, 0.1) is 28.6 Å². The largest absolute Gasteiger partial charge is 0.309 e. The van der Waals surface area contributed by atoms with E-state index in [4.69, 9.17) is 5.26 Å². The van der Waals surface area contributed by atoms with Gasteiger partial charge in [-0.1, -0.05) is 60.7 Å². The molecule has 4 aromatic rings. The summed E-state index contributed by atoms with van der Waals surface area (Å²) in [5, 5.41) is 23.9. The first-order chi connectivity index (χ1) is 16.6. The lowest BCUT2D eigenvalue weighted by atomic mass is 10.1. The molecule has 0 spiro atoms. The Morgan fingerprint density at radius 2 is 1.62 bits per heavy atom. The van der Waals surface area contributed by atoms with E-state index in [1.54, 1.807) is 18.2 Å². The third-order valence-electron chi connectivity index (χ3n) is 5.10. The molecule has 34 heavy (non-hydrogen) atoms. The molecule has 8 heteroatoms. The van der Waals surface area contributed by atoms with Gasteiger partial charge in [-0.2, -0.15) is 10.4 Å². The quantitative estimate of drug-likeness (QED) is 0.241. The number of non-ortho nitro benzene ring substituents is 1. The van der Waals surface area contributed by atoms with E-state index in [-0.39, 0.29) is 12.1 Å². The van der Waals surface area contributed by atoms with Crippen LogP contribution >= 0.6 is 0 Å². The van der Waals surface area contributed by atoms with Crippen molar-refractivity contribution >= 4 is 17.8 Å². The van der Waals surface area contributed by atoms with Crippen LogP contribution in [0.1, 0.15) is 12.0 Å². The van der Waals surface area contributed by atoms with Gasteiger partial charge >= 0.3 is 0 Å². The average molecular weight is 449 g/mol. The van der Waals surface area contributed by atoms with Crippen LogP contribution in [0.3, 0.4) is 0 Å². The zero-order valence-electron chi connectivity index (χ0n) is 18.0. The number of aromatic nitrogens is 1. The number of nitrogens with one attached hydrogen (secondary N) is 1. The molecule has 166 valence electrons. The van der Waals surface area contributed by atoms with Gasteiger partial charge in [-0.25, -0.2) is 5.43 Å². The van der Waals surface area contributed by atoms with Gasteiger partial charge in [0.25, 0.3) is 11.6 Å². The van der Waals surface area contributed by atoms with Crippen molar-refractivity contribution in [3.63, 3.8) is 0 Å². The predicted molar refractivity (Wildman–Crippen MR) is 129 cm³/mol. The lowest BCUT2D eigenvalue weighted by Crippen LogP contribution is -2.16. The highest BCUT2D eigenvalue weighted by molar-refractivity contribution is 5.94. The fourth-order valence-corrected chi connectivity index (χ4v) is 3.62.